The van der Waals surface area contributed by atoms with Crippen LogP contribution in [0.2, 0.25) is 0 Å². The zero-order chi connectivity index (χ0) is 22.8. The summed E-state index contributed by atoms with van der Waals surface area (Å²) in [5, 5.41) is 0. The second-order valence-corrected chi connectivity index (χ2v) is 12.7. The lowest BCUT2D eigenvalue weighted by molar-refractivity contribution is -0.171. The Bertz CT molecular complexity index is 686. The van der Waals surface area contributed by atoms with Gasteiger partial charge in [0.1, 0.15) is 0 Å². The van der Waals surface area contributed by atoms with Gasteiger partial charge in [0.25, 0.3) is 0 Å². The van der Waals surface area contributed by atoms with Gasteiger partial charge in [0.05, 0.1) is 0 Å². The summed E-state index contributed by atoms with van der Waals surface area (Å²) < 4.78 is 38.1. The van der Waals surface area contributed by atoms with Gasteiger partial charge < -0.3 is 0 Å². The van der Waals surface area contributed by atoms with Crippen LogP contribution in [0.1, 0.15) is 98.8 Å². The van der Waals surface area contributed by atoms with Crippen molar-refractivity contribution in [1.82, 2.24) is 0 Å². The second-order valence-electron chi connectivity index (χ2n) is 12.7. The molecule has 10 atom stereocenters. The summed E-state index contributed by atoms with van der Waals surface area (Å²) in [4.78, 5) is 11.4. The smallest absolute Gasteiger partial charge is 0.290 e. The minimum atomic E-state index is -4.68. The number of carbonyl (C=O) groups excluding carboxylic acids is 1. The first-order chi connectivity index (χ1) is 14.4. The van der Waals surface area contributed by atoms with Gasteiger partial charge in [0.15, 0.2) is 0 Å². The average Bonchev–Trinajstić information content (AvgIpc) is 3.04. The Morgan fingerprint density at radius 3 is 2.26 bits per heavy atom. The number of hydrogen-bond donors (Lipinski definition) is 0. The van der Waals surface area contributed by atoms with Crippen molar-refractivity contribution in [1.29, 1.82) is 0 Å². The molecule has 0 saturated heterocycles. The molecule has 4 saturated carbocycles. The molecular formula is C27H43F3O. The summed E-state index contributed by atoms with van der Waals surface area (Å²) in [6, 6.07) is 0. The van der Waals surface area contributed by atoms with E-state index >= 15 is 0 Å². The number of rotatable bonds is 4. The predicted octanol–water partition coefficient (Wildman–Crippen LogP) is 8.08. The molecule has 0 aliphatic heterocycles. The molecule has 0 aromatic heterocycles. The fourth-order valence-electron chi connectivity index (χ4n) is 9.61. The maximum Gasteiger partial charge on any atom is 0.449 e. The normalized spacial score (nSPS) is 48.5. The fraction of sp³-hybridized carbons (Fsp3) is 0.963. The van der Waals surface area contributed by atoms with Crippen molar-refractivity contribution in [2.45, 2.75) is 105 Å². The number of hydrogen-bond acceptors (Lipinski definition) is 1. The highest BCUT2D eigenvalue weighted by Gasteiger charge is 2.61. The van der Waals surface area contributed by atoms with Crippen molar-refractivity contribution >= 4 is 5.78 Å². The van der Waals surface area contributed by atoms with Crippen molar-refractivity contribution in [2.75, 3.05) is 0 Å². The molecular weight excluding hydrogens is 397 g/mol. The summed E-state index contributed by atoms with van der Waals surface area (Å²) in [5.74, 6) is 3.97. The summed E-state index contributed by atoms with van der Waals surface area (Å²) >= 11 is 0. The Labute approximate surface area is 187 Å². The molecule has 4 aliphatic rings. The van der Waals surface area contributed by atoms with Crippen LogP contribution in [0.15, 0.2) is 0 Å². The topological polar surface area (TPSA) is 17.1 Å². The van der Waals surface area contributed by atoms with Crippen LogP contribution in [0.5, 0.6) is 0 Å². The minimum Gasteiger partial charge on any atom is -0.290 e. The van der Waals surface area contributed by atoms with E-state index in [1.807, 2.05) is 0 Å². The fourth-order valence-corrected chi connectivity index (χ4v) is 9.61. The van der Waals surface area contributed by atoms with Crippen LogP contribution in [0.4, 0.5) is 13.2 Å². The monoisotopic (exact) mass is 440 g/mol. The van der Waals surface area contributed by atoms with Crippen molar-refractivity contribution in [3.05, 3.63) is 0 Å². The summed E-state index contributed by atoms with van der Waals surface area (Å²) in [6.07, 6.45) is 5.77. The Kier molecular flexibility index (Phi) is 6.13. The van der Waals surface area contributed by atoms with Crippen molar-refractivity contribution in [3.8, 4) is 0 Å². The van der Waals surface area contributed by atoms with Gasteiger partial charge in [-0.1, -0.05) is 41.0 Å². The van der Waals surface area contributed by atoms with Gasteiger partial charge in [-0.05, 0) is 110 Å². The van der Waals surface area contributed by atoms with Gasteiger partial charge in [-0.15, -0.1) is 0 Å². The first kappa shape index (κ1) is 23.6. The maximum absolute atomic E-state index is 12.7. The Morgan fingerprint density at radius 2 is 1.58 bits per heavy atom. The van der Waals surface area contributed by atoms with E-state index in [9.17, 15) is 18.0 Å². The number of alkyl halides is 3. The standard InChI is InChI=1S/C27H43F3O/c1-16-10-12-26(5)22-11-13-25(4)20(17(2)6-9-24(31)27(28,29)30)7-8-21(25)19(22)15-18(3)23(26)14-16/h16-23H,6-15H2,1-5H3. The molecule has 0 amide bonds. The molecule has 31 heavy (non-hydrogen) atoms. The highest BCUT2D eigenvalue weighted by atomic mass is 19.4. The van der Waals surface area contributed by atoms with Crippen LogP contribution in [0, 0.1) is 58.2 Å². The number of ketones is 1. The SMILES string of the molecule is CC1CCC2(C)C(C1)C(C)CC1C3CCC(C(C)CCC(=O)C(F)(F)F)C3(C)CCC12. The molecule has 0 spiro atoms. The molecule has 1 nitrogen and oxygen atoms in total. The van der Waals surface area contributed by atoms with E-state index in [1.165, 1.54) is 44.9 Å². The van der Waals surface area contributed by atoms with Crippen molar-refractivity contribution in [3.63, 3.8) is 0 Å². The van der Waals surface area contributed by atoms with E-state index in [-0.39, 0.29) is 17.8 Å². The van der Waals surface area contributed by atoms with Crippen LogP contribution < -0.4 is 0 Å². The van der Waals surface area contributed by atoms with Gasteiger partial charge in [-0.3, -0.25) is 4.79 Å². The third-order valence-corrected chi connectivity index (χ3v) is 11.2. The van der Waals surface area contributed by atoms with E-state index in [0.29, 0.717) is 17.8 Å². The van der Waals surface area contributed by atoms with Crippen LogP contribution in [0.3, 0.4) is 0 Å². The predicted molar refractivity (Wildman–Crippen MR) is 118 cm³/mol. The summed E-state index contributed by atoms with van der Waals surface area (Å²) in [6.45, 7) is 12.1. The first-order valence-corrected chi connectivity index (χ1v) is 13.0. The lowest BCUT2D eigenvalue weighted by Gasteiger charge is -2.63. The van der Waals surface area contributed by atoms with E-state index in [0.717, 1.165) is 41.9 Å². The summed E-state index contributed by atoms with van der Waals surface area (Å²) in [5.41, 5.74) is 0.728. The largest absolute Gasteiger partial charge is 0.449 e. The van der Waals surface area contributed by atoms with E-state index < -0.39 is 12.0 Å². The molecule has 0 bridgehead atoms. The maximum atomic E-state index is 12.7. The number of Topliss-reactive ketones (excluding diaryl/α,β-unsaturated/α-hetero) is 1. The lowest BCUT2D eigenvalue weighted by Crippen LogP contribution is -2.55. The van der Waals surface area contributed by atoms with Gasteiger partial charge in [-0.25, -0.2) is 0 Å². The lowest BCUT2D eigenvalue weighted by atomic mass is 9.42. The van der Waals surface area contributed by atoms with E-state index in [1.54, 1.807) is 0 Å². The zero-order valence-corrected chi connectivity index (χ0v) is 20.2. The second kappa shape index (κ2) is 8.05. The molecule has 178 valence electrons. The van der Waals surface area contributed by atoms with Gasteiger partial charge >= 0.3 is 6.18 Å². The molecule has 0 heterocycles. The van der Waals surface area contributed by atoms with Gasteiger partial charge in [0, 0.05) is 6.42 Å². The minimum absolute atomic E-state index is 0.192. The number of halogens is 3. The third-order valence-electron chi connectivity index (χ3n) is 11.2. The molecule has 0 aromatic carbocycles. The molecule has 0 aromatic rings. The molecule has 4 aliphatic carbocycles. The van der Waals surface area contributed by atoms with Crippen LogP contribution in [-0.4, -0.2) is 12.0 Å². The van der Waals surface area contributed by atoms with Crippen LogP contribution in [0.25, 0.3) is 0 Å². The molecule has 0 radical (unpaired) electrons. The molecule has 4 fully saturated rings. The molecule has 10 unspecified atom stereocenters. The number of fused-ring (bicyclic) bond motifs is 5. The number of carbonyl (C=O) groups is 1. The van der Waals surface area contributed by atoms with Gasteiger partial charge in [0.2, 0.25) is 5.78 Å². The van der Waals surface area contributed by atoms with E-state index in [4.69, 9.17) is 0 Å². The third kappa shape index (κ3) is 3.90. The van der Waals surface area contributed by atoms with E-state index in [2.05, 4.69) is 34.6 Å². The Morgan fingerprint density at radius 1 is 0.935 bits per heavy atom. The zero-order valence-electron chi connectivity index (χ0n) is 20.2. The highest BCUT2D eigenvalue weighted by Crippen LogP contribution is 2.69. The Hall–Kier alpha value is -0.540. The highest BCUT2D eigenvalue weighted by molar-refractivity contribution is 5.83. The molecule has 4 rings (SSSR count). The van der Waals surface area contributed by atoms with Crippen molar-refractivity contribution in [2.24, 2.45) is 58.2 Å². The van der Waals surface area contributed by atoms with Crippen LogP contribution in [-0.2, 0) is 4.79 Å². The average molecular weight is 441 g/mol. The van der Waals surface area contributed by atoms with Crippen molar-refractivity contribution < 1.29 is 18.0 Å². The molecule has 0 N–H and O–H groups in total. The first-order valence-electron chi connectivity index (χ1n) is 13.0. The van der Waals surface area contributed by atoms with Gasteiger partial charge in [-0.2, -0.15) is 13.2 Å². The van der Waals surface area contributed by atoms with Crippen LogP contribution >= 0.6 is 0 Å². The Balaban J connectivity index is 1.49. The molecule has 4 heteroatoms. The summed E-state index contributed by atoms with van der Waals surface area (Å²) in [7, 11) is 0. The quantitative estimate of drug-likeness (QED) is 0.432.